The zero-order valence-corrected chi connectivity index (χ0v) is 14.8. The topological polar surface area (TPSA) is 39.4 Å². The number of aromatic nitrogens is 3. The molecule has 0 fully saturated rings. The fourth-order valence-electron chi connectivity index (χ4n) is 2.72. The normalized spacial score (nSPS) is 11.0. The predicted octanol–water partition coefficient (Wildman–Crippen LogP) is 4.86. The summed E-state index contributed by atoms with van der Waals surface area (Å²) in [5, 5.41) is 5.61. The van der Waals surface area contributed by atoms with Crippen LogP contribution in [-0.2, 0) is 0 Å². The molecule has 0 aliphatic heterocycles. The average molecular weight is 347 g/mol. The van der Waals surface area contributed by atoms with Gasteiger partial charge in [0.25, 0.3) is 0 Å². The van der Waals surface area contributed by atoms with Crippen molar-refractivity contribution in [2.24, 2.45) is 0 Å². The van der Waals surface area contributed by atoms with Crippen LogP contribution in [0.5, 0.6) is 5.88 Å². The van der Waals surface area contributed by atoms with Gasteiger partial charge < -0.3 is 4.74 Å². The summed E-state index contributed by atoms with van der Waals surface area (Å²) in [6, 6.07) is 22.4. The number of imidazole rings is 1. The molecule has 0 amide bonds. The first-order valence-corrected chi connectivity index (χ1v) is 8.80. The van der Waals surface area contributed by atoms with Gasteiger partial charge >= 0.3 is 0 Å². The fraction of sp³-hybridized carbons (Fsp3) is 0.100. The molecule has 0 bridgehead atoms. The molecule has 25 heavy (non-hydrogen) atoms. The van der Waals surface area contributed by atoms with Gasteiger partial charge in [-0.25, -0.2) is 4.98 Å². The van der Waals surface area contributed by atoms with Gasteiger partial charge in [-0.15, -0.1) is 0 Å². The highest BCUT2D eigenvalue weighted by atomic mass is 32.2. The summed E-state index contributed by atoms with van der Waals surface area (Å²) in [5.74, 6) is 0.646. The second kappa shape index (κ2) is 6.61. The monoisotopic (exact) mass is 347 g/mol. The maximum Gasteiger partial charge on any atom is 0.243 e. The third-order valence-corrected chi connectivity index (χ3v) is 4.78. The second-order valence-corrected chi connectivity index (χ2v) is 6.79. The molecule has 0 aliphatic carbocycles. The number of ether oxygens (including phenoxy) is 1. The van der Waals surface area contributed by atoms with Crippen LogP contribution in [0.2, 0.25) is 0 Å². The Bertz CT molecular complexity index is 1030. The van der Waals surface area contributed by atoms with Crippen LogP contribution in [0.3, 0.4) is 0 Å². The van der Waals surface area contributed by atoms with Crippen molar-refractivity contribution in [3.63, 3.8) is 0 Å². The van der Waals surface area contributed by atoms with E-state index in [4.69, 9.17) is 9.84 Å². The highest BCUT2D eigenvalue weighted by Gasteiger charge is 2.16. The number of hydrogen-bond donors (Lipinski definition) is 0. The van der Waals surface area contributed by atoms with E-state index in [1.54, 1.807) is 23.4 Å². The van der Waals surface area contributed by atoms with Crippen molar-refractivity contribution in [3.05, 3.63) is 72.3 Å². The first-order chi connectivity index (χ1) is 12.2. The van der Waals surface area contributed by atoms with Gasteiger partial charge in [0.1, 0.15) is 10.7 Å². The van der Waals surface area contributed by atoms with Crippen LogP contribution in [0.25, 0.3) is 16.9 Å². The first-order valence-electron chi connectivity index (χ1n) is 7.98. The average Bonchev–Trinajstić information content (AvgIpc) is 3.00. The Labute approximate surface area is 150 Å². The van der Waals surface area contributed by atoms with Gasteiger partial charge in [-0.05, 0) is 31.2 Å². The van der Waals surface area contributed by atoms with E-state index in [2.05, 4.69) is 36.2 Å². The maximum absolute atomic E-state index is 5.61. The Kier molecular flexibility index (Phi) is 4.15. The van der Waals surface area contributed by atoms with Crippen LogP contribution >= 0.6 is 11.8 Å². The van der Waals surface area contributed by atoms with Gasteiger partial charge in [0.05, 0.1) is 7.11 Å². The Morgan fingerprint density at radius 2 is 1.80 bits per heavy atom. The Morgan fingerprint density at radius 3 is 2.56 bits per heavy atom. The van der Waals surface area contributed by atoms with E-state index in [1.165, 1.54) is 5.56 Å². The molecule has 5 heteroatoms. The summed E-state index contributed by atoms with van der Waals surface area (Å²) in [7, 11) is 1.65. The van der Waals surface area contributed by atoms with Crippen molar-refractivity contribution in [1.82, 2.24) is 14.6 Å². The fourth-order valence-corrected chi connectivity index (χ4v) is 3.61. The summed E-state index contributed by atoms with van der Waals surface area (Å²) in [6.45, 7) is 2.09. The van der Waals surface area contributed by atoms with Crippen LogP contribution in [0, 0.1) is 6.92 Å². The minimum absolute atomic E-state index is 0.646. The van der Waals surface area contributed by atoms with Gasteiger partial charge in [-0.3, -0.25) is 0 Å². The number of benzene rings is 2. The minimum Gasteiger partial charge on any atom is -0.479 e. The van der Waals surface area contributed by atoms with E-state index >= 15 is 0 Å². The molecule has 2 aromatic carbocycles. The predicted molar refractivity (Wildman–Crippen MR) is 100 cm³/mol. The molecule has 0 saturated heterocycles. The summed E-state index contributed by atoms with van der Waals surface area (Å²) in [6.07, 6.45) is 0. The quantitative estimate of drug-likeness (QED) is 0.528. The lowest BCUT2D eigenvalue weighted by Crippen LogP contribution is -1.97. The molecule has 0 unspecified atom stereocenters. The molecule has 124 valence electrons. The molecule has 2 heterocycles. The smallest absolute Gasteiger partial charge is 0.243 e. The van der Waals surface area contributed by atoms with Gasteiger partial charge in [0, 0.05) is 10.5 Å². The first kappa shape index (κ1) is 15.7. The Morgan fingerprint density at radius 1 is 0.960 bits per heavy atom. The number of nitrogens with zero attached hydrogens (tertiary/aromatic N) is 3. The van der Waals surface area contributed by atoms with Gasteiger partial charge in [-0.2, -0.15) is 9.61 Å². The van der Waals surface area contributed by atoms with E-state index in [-0.39, 0.29) is 0 Å². The number of methoxy groups -OCH3 is 1. The lowest BCUT2D eigenvalue weighted by molar-refractivity contribution is 0.387. The van der Waals surface area contributed by atoms with Crippen LogP contribution in [0.1, 0.15) is 5.56 Å². The number of rotatable bonds is 4. The summed E-state index contributed by atoms with van der Waals surface area (Å²) >= 11 is 1.63. The molecule has 4 nitrogen and oxygen atoms in total. The molecule has 0 aliphatic rings. The van der Waals surface area contributed by atoms with E-state index in [0.29, 0.717) is 5.88 Å². The van der Waals surface area contributed by atoms with E-state index in [0.717, 1.165) is 26.8 Å². The third-order valence-electron chi connectivity index (χ3n) is 3.86. The van der Waals surface area contributed by atoms with Gasteiger partial charge in [-0.1, -0.05) is 59.8 Å². The van der Waals surface area contributed by atoms with Crippen molar-refractivity contribution in [3.8, 4) is 17.1 Å². The Balaban J connectivity index is 1.77. The second-order valence-electron chi connectivity index (χ2n) is 5.70. The zero-order chi connectivity index (χ0) is 17.2. The molecule has 0 atom stereocenters. The molecule has 4 rings (SSSR count). The van der Waals surface area contributed by atoms with Crippen LogP contribution in [0.15, 0.2) is 76.7 Å². The zero-order valence-electron chi connectivity index (χ0n) is 14.0. The lowest BCUT2D eigenvalue weighted by atomic mass is 10.2. The van der Waals surface area contributed by atoms with Crippen molar-refractivity contribution < 1.29 is 4.74 Å². The molecular formula is C20H17N3OS. The molecule has 2 aromatic heterocycles. The number of hydrogen-bond acceptors (Lipinski definition) is 4. The van der Waals surface area contributed by atoms with Crippen molar-refractivity contribution in [1.29, 1.82) is 0 Å². The largest absolute Gasteiger partial charge is 0.479 e. The molecule has 0 saturated carbocycles. The van der Waals surface area contributed by atoms with Crippen LogP contribution in [0.4, 0.5) is 0 Å². The van der Waals surface area contributed by atoms with Gasteiger partial charge in [0.15, 0.2) is 5.65 Å². The maximum atomic E-state index is 5.61. The van der Waals surface area contributed by atoms with Crippen molar-refractivity contribution in [2.75, 3.05) is 7.11 Å². The molecule has 0 radical (unpaired) electrons. The van der Waals surface area contributed by atoms with Gasteiger partial charge in [0.2, 0.25) is 5.88 Å². The van der Waals surface area contributed by atoms with Crippen LogP contribution in [-0.4, -0.2) is 21.7 Å². The lowest BCUT2D eigenvalue weighted by Gasteiger charge is -2.05. The van der Waals surface area contributed by atoms with Crippen LogP contribution < -0.4 is 4.74 Å². The highest BCUT2D eigenvalue weighted by Crippen LogP contribution is 2.32. The Hall–Kier alpha value is -2.79. The SMILES string of the molecule is COc1c(-c2ccccc2)nc2ccc(Sc3cccc(C)c3)nn12. The van der Waals surface area contributed by atoms with Crippen molar-refractivity contribution >= 4 is 17.4 Å². The summed E-state index contributed by atoms with van der Waals surface area (Å²) < 4.78 is 7.37. The summed E-state index contributed by atoms with van der Waals surface area (Å²) in [4.78, 5) is 5.84. The molecule has 0 N–H and O–H groups in total. The molecule has 4 aromatic rings. The van der Waals surface area contributed by atoms with E-state index in [9.17, 15) is 0 Å². The molecular weight excluding hydrogens is 330 g/mol. The van der Waals surface area contributed by atoms with E-state index < -0.39 is 0 Å². The minimum atomic E-state index is 0.646. The number of aryl methyl sites for hydroxylation is 1. The number of fused-ring (bicyclic) bond motifs is 1. The standard InChI is InChI=1S/C20H17N3OS/c1-14-7-6-10-16(13-14)25-18-12-11-17-21-19(15-8-4-3-5-9-15)20(24-2)23(17)22-18/h3-13H,1-2H3. The van der Waals surface area contributed by atoms with E-state index in [1.807, 2.05) is 42.5 Å². The summed E-state index contributed by atoms with van der Waals surface area (Å²) in [5.41, 5.74) is 3.81. The highest BCUT2D eigenvalue weighted by molar-refractivity contribution is 7.99. The molecule has 0 spiro atoms. The third kappa shape index (κ3) is 3.10. The van der Waals surface area contributed by atoms with Crippen molar-refractivity contribution in [2.45, 2.75) is 16.8 Å².